The van der Waals surface area contributed by atoms with E-state index in [2.05, 4.69) is 29.8 Å². The molecule has 0 unspecified atom stereocenters. The topological polar surface area (TPSA) is 32.9 Å². The van der Waals surface area contributed by atoms with Crippen molar-refractivity contribution in [3.8, 4) is 11.8 Å². The molecule has 0 bridgehead atoms. The summed E-state index contributed by atoms with van der Waals surface area (Å²) in [6.45, 7) is 3.66. The largest absolute Gasteiger partial charge is 0.364 e. The van der Waals surface area contributed by atoms with Gasteiger partial charge in [0.2, 0.25) is 0 Å². The van der Waals surface area contributed by atoms with E-state index >= 15 is 0 Å². The highest BCUT2D eigenvalue weighted by molar-refractivity contribution is 5.94. The molecular formula is C16H15NO. The van der Waals surface area contributed by atoms with Crippen molar-refractivity contribution in [3.63, 3.8) is 0 Å². The van der Waals surface area contributed by atoms with Crippen LogP contribution in [0.5, 0.6) is 0 Å². The second-order valence-corrected chi connectivity index (χ2v) is 4.15. The molecule has 2 nitrogen and oxygen atoms in total. The number of aromatic nitrogens is 1. The number of Topliss-reactive ketones (excluding diaryl/α,β-unsaturated/α-hetero) is 1. The lowest BCUT2D eigenvalue weighted by Crippen LogP contribution is -1.90. The summed E-state index contributed by atoms with van der Waals surface area (Å²) < 4.78 is 0. The number of ketones is 1. The Morgan fingerprint density at radius 3 is 2.39 bits per heavy atom. The summed E-state index contributed by atoms with van der Waals surface area (Å²) in [5.74, 6) is 6.26. The van der Waals surface area contributed by atoms with E-state index in [1.807, 2.05) is 18.3 Å². The van der Waals surface area contributed by atoms with E-state index in [1.54, 1.807) is 19.1 Å². The molecule has 0 saturated heterocycles. The Hall–Kier alpha value is -2.27. The van der Waals surface area contributed by atoms with Crippen molar-refractivity contribution in [1.29, 1.82) is 0 Å². The van der Waals surface area contributed by atoms with Gasteiger partial charge in [0.15, 0.2) is 5.78 Å². The SMILES string of the molecule is CCc1cc(C#Cc2ccc(C(C)=O)cc2)c[nH]1. The molecule has 0 saturated carbocycles. The van der Waals surface area contributed by atoms with Crippen LogP contribution in [0.15, 0.2) is 36.5 Å². The van der Waals surface area contributed by atoms with Gasteiger partial charge in [0.25, 0.3) is 0 Å². The molecule has 0 aliphatic heterocycles. The van der Waals surface area contributed by atoms with Crippen LogP contribution in [0.3, 0.4) is 0 Å². The summed E-state index contributed by atoms with van der Waals surface area (Å²) in [4.78, 5) is 14.3. The summed E-state index contributed by atoms with van der Waals surface area (Å²) in [6, 6.07) is 9.41. The Balaban J connectivity index is 2.16. The molecule has 90 valence electrons. The van der Waals surface area contributed by atoms with E-state index < -0.39 is 0 Å². The predicted molar refractivity (Wildman–Crippen MR) is 72.6 cm³/mol. The lowest BCUT2D eigenvalue weighted by molar-refractivity contribution is 0.101. The number of hydrogen-bond donors (Lipinski definition) is 1. The third-order valence-corrected chi connectivity index (χ3v) is 2.77. The molecule has 1 heterocycles. The van der Waals surface area contributed by atoms with Crippen molar-refractivity contribution >= 4 is 5.78 Å². The van der Waals surface area contributed by atoms with Gasteiger partial charge in [-0.05, 0) is 31.5 Å². The second kappa shape index (κ2) is 5.37. The Kier molecular flexibility index (Phi) is 3.64. The van der Waals surface area contributed by atoms with Gasteiger partial charge in [-0.3, -0.25) is 4.79 Å². The minimum Gasteiger partial charge on any atom is -0.364 e. The lowest BCUT2D eigenvalue weighted by atomic mass is 10.1. The maximum atomic E-state index is 11.1. The van der Waals surface area contributed by atoms with Crippen molar-refractivity contribution in [3.05, 3.63) is 58.9 Å². The van der Waals surface area contributed by atoms with E-state index in [9.17, 15) is 4.79 Å². The number of carbonyl (C=O) groups excluding carboxylic acids is 1. The fourth-order valence-electron chi connectivity index (χ4n) is 1.65. The van der Waals surface area contributed by atoms with Crippen LogP contribution in [-0.4, -0.2) is 10.8 Å². The van der Waals surface area contributed by atoms with Gasteiger partial charge in [0, 0.05) is 28.6 Å². The quantitative estimate of drug-likeness (QED) is 0.631. The van der Waals surface area contributed by atoms with Gasteiger partial charge < -0.3 is 4.98 Å². The van der Waals surface area contributed by atoms with E-state index in [0.717, 1.165) is 23.1 Å². The highest BCUT2D eigenvalue weighted by atomic mass is 16.1. The van der Waals surface area contributed by atoms with Crippen LogP contribution >= 0.6 is 0 Å². The predicted octanol–water partition coefficient (Wildman–Crippen LogP) is 3.18. The molecule has 1 N–H and O–H groups in total. The molecule has 1 aromatic carbocycles. The number of carbonyl (C=O) groups is 1. The van der Waals surface area contributed by atoms with Gasteiger partial charge in [-0.1, -0.05) is 30.9 Å². The van der Waals surface area contributed by atoms with Crippen molar-refractivity contribution in [2.45, 2.75) is 20.3 Å². The van der Waals surface area contributed by atoms with Gasteiger partial charge in [-0.2, -0.15) is 0 Å². The van der Waals surface area contributed by atoms with Crippen LogP contribution < -0.4 is 0 Å². The molecule has 0 aliphatic rings. The molecule has 0 amide bonds. The van der Waals surface area contributed by atoms with E-state index in [1.165, 1.54) is 5.69 Å². The second-order valence-electron chi connectivity index (χ2n) is 4.15. The number of rotatable bonds is 2. The first-order valence-corrected chi connectivity index (χ1v) is 5.99. The van der Waals surface area contributed by atoms with Crippen molar-refractivity contribution in [1.82, 2.24) is 4.98 Å². The van der Waals surface area contributed by atoms with Crippen LogP contribution in [0.1, 0.15) is 41.0 Å². The molecule has 0 aliphatic carbocycles. The number of aryl methyl sites for hydroxylation is 1. The molecule has 0 spiro atoms. The van der Waals surface area contributed by atoms with Gasteiger partial charge in [-0.15, -0.1) is 0 Å². The van der Waals surface area contributed by atoms with Gasteiger partial charge in [-0.25, -0.2) is 0 Å². The summed E-state index contributed by atoms with van der Waals surface area (Å²) in [5.41, 5.74) is 3.81. The van der Waals surface area contributed by atoms with Crippen LogP contribution in [0, 0.1) is 11.8 Å². The standard InChI is InChI=1S/C16H15NO/c1-3-16-10-14(11-17-16)5-4-13-6-8-15(9-7-13)12(2)18/h6-11,17H,3H2,1-2H3. The highest BCUT2D eigenvalue weighted by Crippen LogP contribution is 2.05. The Morgan fingerprint density at radius 2 is 1.83 bits per heavy atom. The van der Waals surface area contributed by atoms with Crippen LogP contribution in [0.2, 0.25) is 0 Å². The van der Waals surface area contributed by atoms with Crippen LogP contribution in [0.4, 0.5) is 0 Å². The number of nitrogens with one attached hydrogen (secondary N) is 1. The minimum atomic E-state index is 0.0766. The Labute approximate surface area is 107 Å². The van der Waals surface area contributed by atoms with E-state index in [4.69, 9.17) is 0 Å². The zero-order valence-corrected chi connectivity index (χ0v) is 10.6. The maximum absolute atomic E-state index is 11.1. The number of H-pyrrole nitrogens is 1. The molecular weight excluding hydrogens is 222 g/mol. The smallest absolute Gasteiger partial charge is 0.159 e. The summed E-state index contributed by atoms with van der Waals surface area (Å²) in [7, 11) is 0. The molecule has 0 atom stereocenters. The van der Waals surface area contributed by atoms with Crippen molar-refractivity contribution in [2.24, 2.45) is 0 Å². The Morgan fingerprint density at radius 1 is 1.17 bits per heavy atom. The monoisotopic (exact) mass is 237 g/mol. The first-order valence-electron chi connectivity index (χ1n) is 5.99. The fourth-order valence-corrected chi connectivity index (χ4v) is 1.65. The lowest BCUT2D eigenvalue weighted by Gasteiger charge is -1.94. The van der Waals surface area contributed by atoms with Gasteiger partial charge in [0.05, 0.1) is 0 Å². The third kappa shape index (κ3) is 2.89. The first-order chi connectivity index (χ1) is 8.69. The average Bonchev–Trinajstić information content (AvgIpc) is 2.85. The number of benzene rings is 1. The molecule has 0 fully saturated rings. The van der Waals surface area contributed by atoms with Crippen LogP contribution in [0.25, 0.3) is 0 Å². The molecule has 0 radical (unpaired) electrons. The Bertz CT molecular complexity index is 609. The van der Waals surface area contributed by atoms with Gasteiger partial charge >= 0.3 is 0 Å². The summed E-state index contributed by atoms with van der Waals surface area (Å²) >= 11 is 0. The minimum absolute atomic E-state index is 0.0766. The number of hydrogen-bond acceptors (Lipinski definition) is 1. The highest BCUT2D eigenvalue weighted by Gasteiger charge is 1.97. The molecule has 1 aromatic heterocycles. The normalized spacial score (nSPS) is 9.67. The zero-order chi connectivity index (χ0) is 13.0. The molecule has 2 rings (SSSR count). The fraction of sp³-hybridized carbons (Fsp3) is 0.188. The van der Waals surface area contributed by atoms with Gasteiger partial charge in [0.1, 0.15) is 0 Å². The van der Waals surface area contributed by atoms with Crippen molar-refractivity contribution < 1.29 is 4.79 Å². The molecule has 18 heavy (non-hydrogen) atoms. The molecule has 2 heteroatoms. The summed E-state index contributed by atoms with van der Waals surface area (Å²) in [6.07, 6.45) is 2.89. The average molecular weight is 237 g/mol. The van der Waals surface area contributed by atoms with Crippen molar-refractivity contribution in [2.75, 3.05) is 0 Å². The summed E-state index contributed by atoms with van der Waals surface area (Å²) in [5, 5.41) is 0. The maximum Gasteiger partial charge on any atom is 0.159 e. The van der Waals surface area contributed by atoms with E-state index in [0.29, 0.717) is 0 Å². The zero-order valence-electron chi connectivity index (χ0n) is 10.6. The molecule has 2 aromatic rings. The third-order valence-electron chi connectivity index (χ3n) is 2.77. The van der Waals surface area contributed by atoms with Crippen LogP contribution in [-0.2, 0) is 6.42 Å². The number of aromatic amines is 1. The first kappa shape index (κ1) is 12.2. The van der Waals surface area contributed by atoms with E-state index in [-0.39, 0.29) is 5.78 Å².